The number of hydrogen-bond donors (Lipinski definition) is 2. The highest BCUT2D eigenvalue weighted by atomic mass is 16.5. The Morgan fingerprint density at radius 2 is 2.07 bits per heavy atom. The summed E-state index contributed by atoms with van der Waals surface area (Å²) >= 11 is 0. The van der Waals surface area contributed by atoms with E-state index in [0.717, 1.165) is 39.0 Å². The molecule has 2 N–H and O–H groups in total. The lowest BCUT2D eigenvalue weighted by Crippen LogP contribution is -2.34. The van der Waals surface area contributed by atoms with Crippen LogP contribution in [0.3, 0.4) is 0 Å². The van der Waals surface area contributed by atoms with Gasteiger partial charge in [-0.1, -0.05) is 6.92 Å². The molecule has 0 saturated carbocycles. The Balaban J connectivity index is 3.07. The van der Waals surface area contributed by atoms with Crippen LogP contribution in [0.15, 0.2) is 0 Å². The predicted octanol–water partition coefficient (Wildman–Crippen LogP) is 0.529. The van der Waals surface area contributed by atoms with E-state index in [1.807, 2.05) is 6.92 Å². The van der Waals surface area contributed by atoms with Gasteiger partial charge in [-0.05, 0) is 25.8 Å². The molecular weight excluding hydrogens is 180 g/mol. The van der Waals surface area contributed by atoms with Crippen LogP contribution in [-0.2, 0) is 9.53 Å². The summed E-state index contributed by atoms with van der Waals surface area (Å²) in [6.45, 7) is 4.83. The lowest BCUT2D eigenvalue weighted by atomic mass is 10.2. The molecule has 4 nitrogen and oxygen atoms in total. The van der Waals surface area contributed by atoms with Crippen molar-refractivity contribution in [3.05, 3.63) is 0 Å². The molecule has 4 heteroatoms. The summed E-state index contributed by atoms with van der Waals surface area (Å²) in [5, 5.41) is 5.83. The fourth-order valence-corrected chi connectivity index (χ4v) is 1.08. The number of ether oxygens (including phenoxy) is 1. The van der Waals surface area contributed by atoms with Gasteiger partial charge in [-0.2, -0.15) is 0 Å². The second-order valence-corrected chi connectivity index (χ2v) is 3.18. The molecule has 14 heavy (non-hydrogen) atoms. The molecule has 0 aromatic carbocycles. The van der Waals surface area contributed by atoms with Crippen LogP contribution in [0.4, 0.5) is 0 Å². The van der Waals surface area contributed by atoms with Gasteiger partial charge in [-0.3, -0.25) is 4.79 Å². The maximum absolute atomic E-state index is 11.1. The lowest BCUT2D eigenvalue weighted by molar-refractivity contribution is -0.120. The molecule has 0 atom stereocenters. The Hall–Kier alpha value is -0.610. The Labute approximate surface area is 86.4 Å². The van der Waals surface area contributed by atoms with E-state index in [-0.39, 0.29) is 5.91 Å². The number of amides is 1. The van der Waals surface area contributed by atoms with Crippen molar-refractivity contribution in [3.63, 3.8) is 0 Å². The second-order valence-electron chi connectivity index (χ2n) is 3.18. The molecule has 0 unspecified atom stereocenters. The van der Waals surface area contributed by atoms with Crippen LogP contribution in [0.25, 0.3) is 0 Å². The van der Waals surface area contributed by atoms with Gasteiger partial charge in [0.1, 0.15) is 0 Å². The van der Waals surface area contributed by atoms with Gasteiger partial charge in [-0.15, -0.1) is 0 Å². The standard InChI is InChI=1S/C10H22N2O2/c1-3-11-9-10(13)12-7-5-4-6-8-14-2/h11H,3-9H2,1-2H3,(H,12,13). The quantitative estimate of drug-likeness (QED) is 0.536. The monoisotopic (exact) mass is 202 g/mol. The Morgan fingerprint density at radius 3 is 2.71 bits per heavy atom. The van der Waals surface area contributed by atoms with E-state index < -0.39 is 0 Å². The minimum Gasteiger partial charge on any atom is -0.385 e. The molecule has 0 fully saturated rings. The van der Waals surface area contributed by atoms with Gasteiger partial charge in [-0.25, -0.2) is 0 Å². The number of methoxy groups -OCH3 is 1. The van der Waals surface area contributed by atoms with Crippen LogP contribution in [0, 0.1) is 0 Å². The van der Waals surface area contributed by atoms with Gasteiger partial charge in [0.2, 0.25) is 5.91 Å². The molecule has 0 radical (unpaired) electrons. The summed E-state index contributed by atoms with van der Waals surface area (Å²) in [4.78, 5) is 11.1. The van der Waals surface area contributed by atoms with Crippen LogP contribution in [0.1, 0.15) is 26.2 Å². The molecule has 0 aromatic heterocycles. The third-order valence-corrected chi connectivity index (χ3v) is 1.88. The first kappa shape index (κ1) is 13.4. The fourth-order valence-electron chi connectivity index (χ4n) is 1.08. The van der Waals surface area contributed by atoms with Gasteiger partial charge in [0.05, 0.1) is 6.54 Å². The average Bonchev–Trinajstić information content (AvgIpc) is 2.20. The molecule has 0 rings (SSSR count). The van der Waals surface area contributed by atoms with Crippen molar-refractivity contribution in [3.8, 4) is 0 Å². The maximum atomic E-state index is 11.1. The molecule has 0 aliphatic heterocycles. The van der Waals surface area contributed by atoms with Gasteiger partial charge in [0.25, 0.3) is 0 Å². The number of nitrogens with one attached hydrogen (secondary N) is 2. The van der Waals surface area contributed by atoms with E-state index in [9.17, 15) is 4.79 Å². The minimum absolute atomic E-state index is 0.0820. The maximum Gasteiger partial charge on any atom is 0.233 e. The van der Waals surface area contributed by atoms with Crippen LogP contribution in [0.5, 0.6) is 0 Å². The number of hydrogen-bond acceptors (Lipinski definition) is 3. The van der Waals surface area contributed by atoms with Gasteiger partial charge in [0.15, 0.2) is 0 Å². The molecule has 0 aliphatic rings. The van der Waals surface area contributed by atoms with Gasteiger partial charge < -0.3 is 15.4 Å². The highest BCUT2D eigenvalue weighted by Gasteiger charge is 1.97. The molecule has 0 aromatic rings. The van der Waals surface area contributed by atoms with E-state index in [2.05, 4.69) is 10.6 Å². The van der Waals surface area contributed by atoms with Crippen LogP contribution >= 0.6 is 0 Å². The summed E-state index contributed by atoms with van der Waals surface area (Å²) in [5.41, 5.74) is 0. The number of carbonyl (C=O) groups is 1. The largest absolute Gasteiger partial charge is 0.385 e. The Kier molecular flexibility index (Phi) is 10.0. The first-order valence-corrected chi connectivity index (χ1v) is 5.27. The molecule has 0 bridgehead atoms. The summed E-state index contributed by atoms with van der Waals surface area (Å²) in [5.74, 6) is 0.0820. The topological polar surface area (TPSA) is 50.4 Å². The molecule has 0 saturated heterocycles. The van der Waals surface area contributed by atoms with E-state index in [4.69, 9.17) is 4.74 Å². The normalized spacial score (nSPS) is 10.1. The number of likely N-dealkylation sites (N-methyl/N-ethyl adjacent to an activating group) is 1. The van der Waals surface area contributed by atoms with E-state index >= 15 is 0 Å². The van der Waals surface area contributed by atoms with Crippen molar-refractivity contribution in [2.24, 2.45) is 0 Å². The zero-order valence-corrected chi connectivity index (χ0v) is 9.27. The Bertz CT molecular complexity index is 140. The highest BCUT2D eigenvalue weighted by Crippen LogP contribution is 1.93. The van der Waals surface area contributed by atoms with Gasteiger partial charge >= 0.3 is 0 Å². The summed E-state index contributed by atoms with van der Waals surface area (Å²) in [6, 6.07) is 0. The smallest absolute Gasteiger partial charge is 0.233 e. The summed E-state index contributed by atoms with van der Waals surface area (Å²) in [6.07, 6.45) is 3.20. The van der Waals surface area contributed by atoms with Crippen molar-refractivity contribution >= 4 is 5.91 Å². The molecule has 0 aliphatic carbocycles. The lowest BCUT2D eigenvalue weighted by Gasteiger charge is -2.05. The fraction of sp³-hybridized carbons (Fsp3) is 0.900. The SMILES string of the molecule is CCNCC(=O)NCCCCCOC. The number of carbonyl (C=O) groups excluding carboxylic acids is 1. The first-order chi connectivity index (χ1) is 6.81. The highest BCUT2D eigenvalue weighted by molar-refractivity contribution is 5.77. The van der Waals surface area contributed by atoms with E-state index in [1.54, 1.807) is 7.11 Å². The Morgan fingerprint density at radius 1 is 1.29 bits per heavy atom. The number of unbranched alkanes of at least 4 members (excludes halogenated alkanes) is 2. The zero-order valence-electron chi connectivity index (χ0n) is 9.27. The van der Waals surface area contributed by atoms with Crippen molar-refractivity contribution < 1.29 is 9.53 Å². The average molecular weight is 202 g/mol. The second kappa shape index (κ2) is 10.5. The van der Waals surface area contributed by atoms with Crippen LogP contribution < -0.4 is 10.6 Å². The zero-order chi connectivity index (χ0) is 10.6. The van der Waals surface area contributed by atoms with Crippen LogP contribution in [-0.4, -0.2) is 39.3 Å². The van der Waals surface area contributed by atoms with E-state index in [0.29, 0.717) is 6.54 Å². The minimum atomic E-state index is 0.0820. The molecule has 1 amide bonds. The van der Waals surface area contributed by atoms with Crippen molar-refractivity contribution in [1.29, 1.82) is 0 Å². The predicted molar refractivity (Wildman–Crippen MR) is 57.3 cm³/mol. The van der Waals surface area contributed by atoms with Crippen LogP contribution in [0.2, 0.25) is 0 Å². The first-order valence-electron chi connectivity index (χ1n) is 5.27. The van der Waals surface area contributed by atoms with Crippen molar-refractivity contribution in [2.45, 2.75) is 26.2 Å². The molecule has 84 valence electrons. The molecular formula is C10H22N2O2. The van der Waals surface area contributed by atoms with Gasteiger partial charge in [0, 0.05) is 20.3 Å². The molecule has 0 spiro atoms. The van der Waals surface area contributed by atoms with Crippen molar-refractivity contribution in [2.75, 3.05) is 33.4 Å². The summed E-state index contributed by atoms with van der Waals surface area (Å²) in [7, 11) is 1.71. The molecule has 0 heterocycles. The van der Waals surface area contributed by atoms with Crippen molar-refractivity contribution in [1.82, 2.24) is 10.6 Å². The van der Waals surface area contributed by atoms with E-state index in [1.165, 1.54) is 0 Å². The third kappa shape index (κ3) is 9.48. The number of rotatable bonds is 9. The third-order valence-electron chi connectivity index (χ3n) is 1.88. The summed E-state index contributed by atoms with van der Waals surface area (Å²) < 4.78 is 4.93.